The lowest BCUT2D eigenvalue weighted by Gasteiger charge is -2.26. The maximum absolute atomic E-state index is 12.0. The van der Waals surface area contributed by atoms with Crippen LogP contribution in [0.3, 0.4) is 0 Å². The van der Waals surface area contributed by atoms with Crippen molar-refractivity contribution in [3.8, 4) is 0 Å². The smallest absolute Gasteiger partial charge is 0.151 e. The van der Waals surface area contributed by atoms with Crippen molar-refractivity contribution in [2.75, 3.05) is 11.5 Å². The Kier molecular flexibility index (Phi) is 4.17. The molecule has 1 aromatic heterocycles. The number of rotatable bonds is 3. The van der Waals surface area contributed by atoms with Crippen LogP contribution < -0.4 is 0 Å². The molecule has 1 aromatic rings. The Morgan fingerprint density at radius 2 is 2.27 bits per heavy atom. The van der Waals surface area contributed by atoms with Gasteiger partial charge in [0.05, 0.1) is 5.25 Å². The molecular formula is C11H14OS3. The normalized spacial score (nSPS) is 26.5. The van der Waals surface area contributed by atoms with Gasteiger partial charge in [-0.25, -0.2) is 0 Å². The first-order chi connectivity index (χ1) is 7.27. The van der Waals surface area contributed by atoms with Gasteiger partial charge in [-0.05, 0) is 22.4 Å². The van der Waals surface area contributed by atoms with E-state index in [9.17, 15) is 4.79 Å². The van der Waals surface area contributed by atoms with Crippen LogP contribution in [0.2, 0.25) is 0 Å². The molecule has 1 aliphatic heterocycles. The van der Waals surface area contributed by atoms with Gasteiger partial charge in [-0.3, -0.25) is 4.79 Å². The first-order valence-corrected chi connectivity index (χ1v) is 8.08. The third-order valence-corrected chi connectivity index (χ3v) is 6.33. The average Bonchev–Trinajstić information content (AvgIpc) is 2.71. The highest BCUT2D eigenvalue weighted by Crippen LogP contribution is 2.32. The van der Waals surface area contributed by atoms with Crippen molar-refractivity contribution >= 4 is 40.6 Å². The van der Waals surface area contributed by atoms with Crippen LogP contribution in [-0.4, -0.2) is 27.8 Å². The highest BCUT2D eigenvalue weighted by molar-refractivity contribution is 8.07. The molecule has 4 heteroatoms. The minimum atomic E-state index is 0.212. The third kappa shape index (κ3) is 3.02. The van der Waals surface area contributed by atoms with Crippen LogP contribution in [-0.2, 0) is 11.2 Å². The fraction of sp³-hybridized carbons (Fsp3) is 0.545. The molecule has 0 amide bonds. The van der Waals surface area contributed by atoms with Crippen molar-refractivity contribution in [2.45, 2.75) is 23.8 Å². The van der Waals surface area contributed by atoms with Crippen LogP contribution in [0.1, 0.15) is 12.5 Å². The molecule has 0 spiro atoms. The standard InChI is InChI=1S/C11H14OS3/c1-8-11(15-5-4-14-8)10(12)6-9-2-3-13-7-9/h2-3,7-8,11H,4-6H2,1H3. The highest BCUT2D eigenvalue weighted by atomic mass is 32.2. The molecule has 0 aliphatic carbocycles. The molecule has 0 saturated carbocycles. The summed E-state index contributed by atoms with van der Waals surface area (Å²) in [5.41, 5.74) is 1.17. The van der Waals surface area contributed by atoms with Crippen LogP contribution in [0, 0.1) is 0 Å². The maximum atomic E-state index is 12.0. The molecule has 0 N–H and O–H groups in total. The number of hydrogen-bond donors (Lipinski definition) is 0. The molecule has 15 heavy (non-hydrogen) atoms. The van der Waals surface area contributed by atoms with E-state index < -0.39 is 0 Å². The number of thiophene rings is 1. The van der Waals surface area contributed by atoms with E-state index in [4.69, 9.17) is 0 Å². The van der Waals surface area contributed by atoms with Gasteiger partial charge in [0.1, 0.15) is 0 Å². The predicted molar refractivity (Wildman–Crippen MR) is 71.2 cm³/mol. The molecule has 1 saturated heterocycles. The Balaban J connectivity index is 1.95. The number of ketones is 1. The summed E-state index contributed by atoms with van der Waals surface area (Å²) in [6.07, 6.45) is 0.617. The average molecular weight is 258 g/mol. The van der Waals surface area contributed by atoms with Crippen LogP contribution >= 0.6 is 34.9 Å². The van der Waals surface area contributed by atoms with Crippen molar-refractivity contribution in [3.63, 3.8) is 0 Å². The van der Waals surface area contributed by atoms with E-state index in [0.29, 0.717) is 17.5 Å². The number of carbonyl (C=O) groups is 1. The van der Waals surface area contributed by atoms with Crippen LogP contribution in [0.15, 0.2) is 16.8 Å². The maximum Gasteiger partial charge on any atom is 0.151 e. The number of carbonyl (C=O) groups excluding carboxylic acids is 1. The van der Waals surface area contributed by atoms with Gasteiger partial charge in [0.15, 0.2) is 5.78 Å². The molecule has 2 unspecified atom stereocenters. The lowest BCUT2D eigenvalue weighted by molar-refractivity contribution is -0.117. The molecule has 2 rings (SSSR count). The molecule has 2 atom stereocenters. The van der Waals surface area contributed by atoms with Crippen LogP contribution in [0.4, 0.5) is 0 Å². The Morgan fingerprint density at radius 1 is 1.47 bits per heavy atom. The summed E-state index contributed by atoms with van der Waals surface area (Å²) in [5, 5.41) is 4.80. The molecule has 1 fully saturated rings. The van der Waals surface area contributed by atoms with Crippen molar-refractivity contribution in [1.29, 1.82) is 0 Å². The van der Waals surface area contributed by atoms with Crippen LogP contribution in [0.25, 0.3) is 0 Å². The Morgan fingerprint density at radius 3 is 2.93 bits per heavy atom. The van der Waals surface area contributed by atoms with Gasteiger partial charge in [-0.15, -0.1) is 11.8 Å². The topological polar surface area (TPSA) is 17.1 Å². The number of hydrogen-bond acceptors (Lipinski definition) is 4. The van der Waals surface area contributed by atoms with Crippen molar-refractivity contribution in [3.05, 3.63) is 22.4 Å². The predicted octanol–water partition coefficient (Wildman–Crippen LogP) is 3.10. The van der Waals surface area contributed by atoms with Gasteiger partial charge in [0, 0.05) is 23.2 Å². The van der Waals surface area contributed by atoms with Crippen molar-refractivity contribution in [2.24, 2.45) is 0 Å². The molecule has 0 radical (unpaired) electrons. The molecule has 82 valence electrons. The minimum Gasteiger partial charge on any atom is -0.298 e. The van der Waals surface area contributed by atoms with E-state index in [1.165, 1.54) is 11.3 Å². The second-order valence-corrected chi connectivity index (χ2v) is 7.16. The fourth-order valence-electron chi connectivity index (χ4n) is 1.68. The number of thioether (sulfide) groups is 2. The quantitative estimate of drug-likeness (QED) is 0.829. The third-order valence-electron chi connectivity index (χ3n) is 2.46. The summed E-state index contributed by atoms with van der Waals surface area (Å²) < 4.78 is 0. The largest absolute Gasteiger partial charge is 0.298 e. The van der Waals surface area contributed by atoms with Crippen molar-refractivity contribution < 1.29 is 4.79 Å². The molecule has 0 aromatic carbocycles. The van der Waals surface area contributed by atoms with Crippen LogP contribution in [0.5, 0.6) is 0 Å². The van der Waals surface area contributed by atoms with Gasteiger partial charge in [-0.2, -0.15) is 23.1 Å². The summed E-state index contributed by atoms with van der Waals surface area (Å²) in [4.78, 5) is 12.0. The first-order valence-electron chi connectivity index (χ1n) is 5.04. The number of Topliss-reactive ketones (excluding diaryl/α,β-unsaturated/α-hetero) is 1. The molecule has 2 heterocycles. The summed E-state index contributed by atoms with van der Waals surface area (Å²) in [6, 6.07) is 2.05. The van der Waals surface area contributed by atoms with E-state index in [0.717, 1.165) is 5.75 Å². The summed E-state index contributed by atoms with van der Waals surface area (Å²) >= 11 is 5.43. The zero-order chi connectivity index (χ0) is 10.7. The van der Waals surface area contributed by atoms with Crippen molar-refractivity contribution in [1.82, 2.24) is 0 Å². The Bertz CT molecular complexity index is 321. The molecule has 1 aliphatic rings. The van der Waals surface area contributed by atoms with E-state index in [2.05, 4.69) is 12.3 Å². The summed E-state index contributed by atoms with van der Waals surface area (Å²) in [7, 11) is 0. The second-order valence-electron chi connectivity index (χ2n) is 3.64. The minimum absolute atomic E-state index is 0.212. The SMILES string of the molecule is CC1SCCSC1C(=O)Cc1ccsc1. The molecule has 1 nitrogen and oxygen atoms in total. The zero-order valence-corrected chi connectivity index (χ0v) is 11.1. The summed E-state index contributed by atoms with van der Waals surface area (Å²) in [6.45, 7) is 2.17. The highest BCUT2D eigenvalue weighted by Gasteiger charge is 2.28. The van der Waals surface area contributed by atoms with Gasteiger partial charge in [-0.1, -0.05) is 6.92 Å². The van der Waals surface area contributed by atoms with E-state index in [-0.39, 0.29) is 5.25 Å². The van der Waals surface area contributed by atoms with E-state index in [1.54, 1.807) is 11.3 Å². The lowest BCUT2D eigenvalue weighted by atomic mass is 10.1. The zero-order valence-electron chi connectivity index (χ0n) is 8.64. The van der Waals surface area contributed by atoms with Gasteiger partial charge >= 0.3 is 0 Å². The molecular weight excluding hydrogens is 244 g/mol. The van der Waals surface area contributed by atoms with Gasteiger partial charge < -0.3 is 0 Å². The van der Waals surface area contributed by atoms with E-state index in [1.807, 2.05) is 35.0 Å². The first kappa shape index (κ1) is 11.6. The fourth-order valence-corrected chi connectivity index (χ4v) is 5.08. The molecule has 0 bridgehead atoms. The lowest BCUT2D eigenvalue weighted by Crippen LogP contribution is -2.32. The monoisotopic (exact) mass is 258 g/mol. The van der Waals surface area contributed by atoms with E-state index >= 15 is 0 Å². The van der Waals surface area contributed by atoms with Gasteiger partial charge in [0.25, 0.3) is 0 Å². The van der Waals surface area contributed by atoms with Gasteiger partial charge in [0.2, 0.25) is 0 Å². The second kappa shape index (κ2) is 5.41. The Hall–Kier alpha value is 0.0700. The summed E-state index contributed by atoms with van der Waals surface area (Å²) in [5.74, 6) is 2.71. The Labute approximate surface area is 103 Å².